The van der Waals surface area contributed by atoms with E-state index in [0.717, 1.165) is 12.1 Å². The second-order valence-electron chi connectivity index (χ2n) is 5.61. The van der Waals surface area contributed by atoms with Crippen LogP contribution in [-0.2, 0) is 21.2 Å². The minimum atomic E-state index is -3.14. The molecule has 0 spiro atoms. The minimum Gasteiger partial charge on any atom is -0.326 e. The zero-order valence-corrected chi connectivity index (χ0v) is 14.0. The molecule has 1 aromatic rings. The number of sulfonamides is 1. The molecule has 5 nitrogen and oxygen atoms in total. The first-order valence-corrected chi connectivity index (χ1v) is 9.44. The van der Waals surface area contributed by atoms with Crippen LogP contribution in [0.1, 0.15) is 32.3 Å². The van der Waals surface area contributed by atoms with Gasteiger partial charge in [-0.05, 0) is 43.9 Å². The van der Waals surface area contributed by atoms with Gasteiger partial charge in [0, 0.05) is 24.7 Å². The number of amides is 1. The third-order valence-corrected chi connectivity index (χ3v) is 6.09. The summed E-state index contributed by atoms with van der Waals surface area (Å²) < 4.78 is 25.1. The first kappa shape index (κ1) is 17.0. The summed E-state index contributed by atoms with van der Waals surface area (Å²) in [7, 11) is -3.14. The Morgan fingerprint density at radius 3 is 2.27 bits per heavy atom. The number of carbonyl (C=O) groups excluding carboxylic acids is 1. The summed E-state index contributed by atoms with van der Waals surface area (Å²) in [5.74, 6) is -0.0138. The van der Waals surface area contributed by atoms with E-state index in [9.17, 15) is 13.2 Å². The Labute approximate surface area is 132 Å². The van der Waals surface area contributed by atoms with Crippen molar-refractivity contribution in [1.82, 2.24) is 4.31 Å². The third-order valence-electron chi connectivity index (χ3n) is 4.21. The molecule has 0 bridgehead atoms. The summed E-state index contributed by atoms with van der Waals surface area (Å²) in [6, 6.07) is 7.83. The molecular formula is C16H24N2O3S. The highest BCUT2D eigenvalue weighted by molar-refractivity contribution is 7.89. The Balaban J connectivity index is 1.89. The lowest BCUT2D eigenvalue weighted by Crippen LogP contribution is -2.42. The predicted octanol–water partition coefficient (Wildman–Crippen LogP) is 2.25. The van der Waals surface area contributed by atoms with Gasteiger partial charge in [-0.1, -0.05) is 19.1 Å². The molecule has 22 heavy (non-hydrogen) atoms. The Bertz CT molecular complexity index is 603. The zero-order valence-electron chi connectivity index (χ0n) is 13.2. The average molecular weight is 324 g/mol. The lowest BCUT2D eigenvalue weighted by Gasteiger charge is -2.30. The number of aryl methyl sites for hydroxylation is 1. The summed E-state index contributed by atoms with van der Waals surface area (Å²) >= 11 is 0. The zero-order chi connectivity index (χ0) is 16.2. The molecule has 6 heteroatoms. The Morgan fingerprint density at radius 1 is 1.18 bits per heavy atom. The predicted molar refractivity (Wildman–Crippen MR) is 88.2 cm³/mol. The van der Waals surface area contributed by atoms with Crippen LogP contribution >= 0.6 is 0 Å². The van der Waals surface area contributed by atoms with Crippen molar-refractivity contribution in [1.29, 1.82) is 0 Å². The van der Waals surface area contributed by atoms with Gasteiger partial charge in [0.1, 0.15) is 0 Å². The quantitative estimate of drug-likeness (QED) is 0.903. The van der Waals surface area contributed by atoms with Gasteiger partial charge in [0.15, 0.2) is 0 Å². The maximum Gasteiger partial charge on any atom is 0.227 e. The van der Waals surface area contributed by atoms with Crippen LogP contribution in [0.15, 0.2) is 24.3 Å². The van der Waals surface area contributed by atoms with Crippen LogP contribution in [0, 0.1) is 5.92 Å². The lowest BCUT2D eigenvalue weighted by atomic mass is 9.97. The number of carbonyl (C=O) groups is 1. The number of hydrogen-bond donors (Lipinski definition) is 1. The summed E-state index contributed by atoms with van der Waals surface area (Å²) in [5.41, 5.74) is 2.03. The van der Waals surface area contributed by atoms with Gasteiger partial charge in [0.2, 0.25) is 15.9 Å². The largest absolute Gasteiger partial charge is 0.326 e. The molecule has 0 unspecified atom stereocenters. The molecule has 122 valence electrons. The number of hydrogen-bond acceptors (Lipinski definition) is 3. The van der Waals surface area contributed by atoms with Gasteiger partial charge >= 0.3 is 0 Å². The van der Waals surface area contributed by atoms with Crippen LogP contribution < -0.4 is 5.32 Å². The Kier molecular flexibility index (Phi) is 5.58. The first-order valence-electron chi connectivity index (χ1n) is 7.84. The fraction of sp³-hybridized carbons (Fsp3) is 0.562. The lowest BCUT2D eigenvalue weighted by molar-refractivity contribution is -0.120. The molecule has 1 N–H and O–H groups in total. The van der Waals surface area contributed by atoms with Crippen molar-refractivity contribution in [2.75, 3.05) is 24.2 Å². The van der Waals surface area contributed by atoms with Crippen molar-refractivity contribution in [3.05, 3.63) is 29.8 Å². The summed E-state index contributed by atoms with van der Waals surface area (Å²) in [4.78, 5) is 12.3. The van der Waals surface area contributed by atoms with Crippen molar-refractivity contribution < 1.29 is 13.2 Å². The van der Waals surface area contributed by atoms with Crippen LogP contribution in [0.2, 0.25) is 0 Å². The molecule has 0 saturated carbocycles. The van der Waals surface area contributed by atoms with Crippen LogP contribution in [0.4, 0.5) is 5.69 Å². The van der Waals surface area contributed by atoms with E-state index in [2.05, 4.69) is 12.2 Å². The molecule has 0 aliphatic carbocycles. The van der Waals surface area contributed by atoms with Crippen molar-refractivity contribution in [3.8, 4) is 0 Å². The van der Waals surface area contributed by atoms with Gasteiger partial charge in [-0.2, -0.15) is 0 Å². The molecule has 1 fully saturated rings. The van der Waals surface area contributed by atoms with Gasteiger partial charge in [0.05, 0.1) is 5.75 Å². The molecule has 1 aromatic carbocycles. The molecule has 1 amide bonds. The second kappa shape index (κ2) is 7.24. The van der Waals surface area contributed by atoms with E-state index in [0.29, 0.717) is 25.9 Å². The third kappa shape index (κ3) is 4.08. The fourth-order valence-electron chi connectivity index (χ4n) is 2.65. The number of piperidine rings is 1. The SMILES string of the molecule is CCc1ccc(NC(=O)C2CCN(S(=O)(=O)CC)CC2)cc1. The maximum absolute atomic E-state index is 12.3. The van der Waals surface area contributed by atoms with Crippen LogP contribution in [0.3, 0.4) is 0 Å². The highest BCUT2D eigenvalue weighted by Crippen LogP contribution is 2.21. The first-order chi connectivity index (χ1) is 10.5. The van der Waals surface area contributed by atoms with Crippen molar-refractivity contribution in [2.45, 2.75) is 33.1 Å². The molecule has 1 saturated heterocycles. The Morgan fingerprint density at radius 2 is 1.77 bits per heavy atom. The molecule has 0 aromatic heterocycles. The standard InChI is InChI=1S/C16H24N2O3S/c1-3-13-5-7-15(8-6-13)17-16(19)14-9-11-18(12-10-14)22(20,21)4-2/h5-8,14H,3-4,9-12H2,1-2H3,(H,17,19). The second-order valence-corrected chi connectivity index (χ2v) is 7.87. The topological polar surface area (TPSA) is 66.5 Å². The maximum atomic E-state index is 12.3. The fourth-order valence-corrected chi connectivity index (χ4v) is 3.78. The molecule has 0 atom stereocenters. The normalized spacial score (nSPS) is 17.4. The molecule has 1 heterocycles. The highest BCUT2D eigenvalue weighted by atomic mass is 32.2. The minimum absolute atomic E-state index is 0.0159. The van der Waals surface area contributed by atoms with E-state index in [-0.39, 0.29) is 17.6 Å². The van der Waals surface area contributed by atoms with Gasteiger partial charge in [0.25, 0.3) is 0 Å². The van der Waals surface area contributed by atoms with E-state index < -0.39 is 10.0 Å². The van der Waals surface area contributed by atoms with Gasteiger partial charge in [-0.15, -0.1) is 0 Å². The number of anilines is 1. The van der Waals surface area contributed by atoms with Gasteiger partial charge < -0.3 is 5.32 Å². The number of nitrogens with one attached hydrogen (secondary N) is 1. The number of benzene rings is 1. The molecule has 0 radical (unpaired) electrons. The van der Waals surface area contributed by atoms with E-state index >= 15 is 0 Å². The molecular weight excluding hydrogens is 300 g/mol. The monoisotopic (exact) mass is 324 g/mol. The average Bonchev–Trinajstić information content (AvgIpc) is 2.55. The van der Waals surface area contributed by atoms with Gasteiger partial charge in [-0.25, -0.2) is 12.7 Å². The molecule has 1 aliphatic rings. The highest BCUT2D eigenvalue weighted by Gasteiger charge is 2.30. The smallest absolute Gasteiger partial charge is 0.227 e. The summed E-state index contributed by atoms with van der Waals surface area (Å²) in [5, 5.41) is 2.92. The van der Waals surface area contributed by atoms with Crippen molar-refractivity contribution >= 4 is 21.6 Å². The van der Waals surface area contributed by atoms with E-state index in [1.54, 1.807) is 6.92 Å². The number of rotatable bonds is 5. The Hall–Kier alpha value is -1.40. The number of nitrogens with zero attached hydrogens (tertiary/aromatic N) is 1. The van der Waals surface area contributed by atoms with Gasteiger partial charge in [-0.3, -0.25) is 4.79 Å². The van der Waals surface area contributed by atoms with Crippen molar-refractivity contribution in [2.24, 2.45) is 5.92 Å². The van der Waals surface area contributed by atoms with Crippen molar-refractivity contribution in [3.63, 3.8) is 0 Å². The summed E-state index contributed by atoms with van der Waals surface area (Å²) in [6.07, 6.45) is 2.13. The van der Waals surface area contributed by atoms with E-state index in [1.807, 2.05) is 24.3 Å². The summed E-state index contributed by atoms with van der Waals surface area (Å²) in [6.45, 7) is 4.60. The molecule has 1 aliphatic heterocycles. The van der Waals surface area contributed by atoms with Crippen LogP contribution in [0.5, 0.6) is 0 Å². The van der Waals surface area contributed by atoms with Crippen LogP contribution in [0.25, 0.3) is 0 Å². The van der Waals surface area contributed by atoms with E-state index in [1.165, 1.54) is 9.87 Å². The van der Waals surface area contributed by atoms with Crippen LogP contribution in [-0.4, -0.2) is 37.5 Å². The molecule has 2 rings (SSSR count). The van der Waals surface area contributed by atoms with E-state index in [4.69, 9.17) is 0 Å².